The number of rotatable bonds is 5. The normalized spacial score (nSPS) is 37.1. The Morgan fingerprint density at radius 3 is 2.29 bits per heavy atom. The van der Waals surface area contributed by atoms with Gasteiger partial charge in [0.25, 0.3) is 0 Å². The molecule has 0 aromatic heterocycles. The summed E-state index contributed by atoms with van der Waals surface area (Å²) in [4.78, 5) is 2.70. The summed E-state index contributed by atoms with van der Waals surface area (Å²) in [5, 5.41) is 0. The van der Waals surface area contributed by atoms with Crippen molar-refractivity contribution in [1.29, 1.82) is 0 Å². The van der Waals surface area contributed by atoms with Crippen molar-refractivity contribution in [2.45, 2.75) is 37.6 Å². The highest BCUT2D eigenvalue weighted by Gasteiger charge is 2.52. The number of hydrogen-bond donors (Lipinski definition) is 1. The highest BCUT2D eigenvalue weighted by atomic mass is 16.5. The van der Waals surface area contributed by atoms with Crippen molar-refractivity contribution < 1.29 is 4.74 Å². The van der Waals surface area contributed by atoms with Crippen molar-refractivity contribution >= 4 is 0 Å². The summed E-state index contributed by atoms with van der Waals surface area (Å²) in [6.45, 7) is 4.15. The van der Waals surface area contributed by atoms with Crippen LogP contribution in [0.4, 0.5) is 0 Å². The number of fused-ring (bicyclic) bond motifs is 1. The summed E-state index contributed by atoms with van der Waals surface area (Å²) in [6, 6.07) is 0. The van der Waals surface area contributed by atoms with Crippen LogP contribution in [0.1, 0.15) is 32.1 Å². The number of likely N-dealkylation sites (tertiary alicyclic amines) is 1. The maximum atomic E-state index is 6.14. The first-order valence-corrected chi connectivity index (χ1v) is 7.24. The van der Waals surface area contributed by atoms with Gasteiger partial charge in [0.15, 0.2) is 0 Å². The molecular formula is C14H26N2O. The molecule has 0 aromatic carbocycles. The summed E-state index contributed by atoms with van der Waals surface area (Å²) in [5.74, 6) is 2.71. The molecule has 3 unspecified atom stereocenters. The Morgan fingerprint density at radius 2 is 1.82 bits per heavy atom. The number of nitrogens with zero attached hydrogens (tertiary/aromatic N) is 1. The van der Waals surface area contributed by atoms with Crippen LogP contribution in [0.5, 0.6) is 0 Å². The Balaban J connectivity index is 1.75. The largest absolute Gasteiger partial charge is 0.383 e. The minimum atomic E-state index is 0.166. The molecule has 3 atom stereocenters. The topological polar surface area (TPSA) is 38.5 Å². The first kappa shape index (κ1) is 11.9. The van der Waals surface area contributed by atoms with E-state index in [2.05, 4.69) is 4.90 Å². The van der Waals surface area contributed by atoms with Crippen molar-refractivity contribution in [1.82, 2.24) is 4.90 Å². The van der Waals surface area contributed by atoms with Gasteiger partial charge in [0.2, 0.25) is 0 Å². The van der Waals surface area contributed by atoms with Gasteiger partial charge in [-0.2, -0.15) is 0 Å². The van der Waals surface area contributed by atoms with Gasteiger partial charge in [0.05, 0.1) is 12.1 Å². The monoisotopic (exact) mass is 238 g/mol. The van der Waals surface area contributed by atoms with Gasteiger partial charge < -0.3 is 10.5 Å². The van der Waals surface area contributed by atoms with Crippen LogP contribution >= 0.6 is 0 Å². The van der Waals surface area contributed by atoms with Crippen molar-refractivity contribution in [2.75, 3.05) is 33.4 Å². The number of nitrogens with two attached hydrogens (primary N) is 1. The van der Waals surface area contributed by atoms with Crippen molar-refractivity contribution in [3.05, 3.63) is 0 Å². The molecular weight excluding hydrogens is 212 g/mol. The Hall–Kier alpha value is -0.120. The minimum absolute atomic E-state index is 0.166. The summed E-state index contributed by atoms with van der Waals surface area (Å²) >= 11 is 0. The third-order valence-corrected chi connectivity index (χ3v) is 5.44. The summed E-state index contributed by atoms with van der Waals surface area (Å²) in [7, 11) is 1.82. The van der Waals surface area contributed by atoms with Crippen LogP contribution in [0.15, 0.2) is 0 Å². The first-order chi connectivity index (χ1) is 8.30. The van der Waals surface area contributed by atoms with Crippen LogP contribution in [-0.4, -0.2) is 43.8 Å². The highest BCUT2D eigenvalue weighted by Crippen LogP contribution is 2.48. The van der Waals surface area contributed by atoms with Crippen LogP contribution in [-0.2, 0) is 4.74 Å². The second-order valence-electron chi connectivity index (χ2n) is 6.37. The molecule has 0 amide bonds. The van der Waals surface area contributed by atoms with E-state index < -0.39 is 0 Å². The van der Waals surface area contributed by atoms with Crippen LogP contribution in [0, 0.1) is 17.8 Å². The Kier molecular flexibility index (Phi) is 3.18. The van der Waals surface area contributed by atoms with E-state index >= 15 is 0 Å². The van der Waals surface area contributed by atoms with Crippen LogP contribution < -0.4 is 5.73 Å². The smallest absolute Gasteiger partial charge is 0.0661 e. The first-order valence-electron chi connectivity index (χ1n) is 7.24. The highest BCUT2D eigenvalue weighted by molar-refractivity contribution is 5.07. The number of hydrogen-bond acceptors (Lipinski definition) is 3. The standard InChI is InChI=1S/C14H26N2O/c1-17-10-14(9-15,13-5-6-13)16-7-11-3-2-4-12(11)8-16/h11-13H,2-10,15H2,1H3. The minimum Gasteiger partial charge on any atom is -0.383 e. The van der Waals surface area contributed by atoms with Gasteiger partial charge in [-0.25, -0.2) is 0 Å². The Bertz CT molecular complexity index is 267. The van der Waals surface area contributed by atoms with Crippen LogP contribution in [0.2, 0.25) is 0 Å². The number of methoxy groups -OCH3 is 1. The van der Waals surface area contributed by atoms with E-state index in [0.717, 1.165) is 30.9 Å². The van der Waals surface area contributed by atoms with Crippen LogP contribution in [0.25, 0.3) is 0 Å². The van der Waals surface area contributed by atoms with E-state index in [-0.39, 0.29) is 5.54 Å². The molecule has 3 heteroatoms. The van der Waals surface area contributed by atoms with Gasteiger partial charge in [0, 0.05) is 26.7 Å². The predicted octanol–water partition coefficient (Wildman–Crippen LogP) is 1.47. The average molecular weight is 238 g/mol. The van der Waals surface area contributed by atoms with E-state index in [9.17, 15) is 0 Å². The van der Waals surface area contributed by atoms with E-state index in [1.54, 1.807) is 0 Å². The molecule has 0 spiro atoms. The molecule has 3 rings (SSSR count). The molecule has 17 heavy (non-hydrogen) atoms. The zero-order valence-corrected chi connectivity index (χ0v) is 11.0. The molecule has 2 aliphatic carbocycles. The fraction of sp³-hybridized carbons (Fsp3) is 1.00. The van der Waals surface area contributed by atoms with Gasteiger partial charge in [-0.15, -0.1) is 0 Å². The van der Waals surface area contributed by atoms with E-state index in [4.69, 9.17) is 10.5 Å². The zero-order valence-electron chi connectivity index (χ0n) is 11.0. The maximum absolute atomic E-state index is 6.14. The quantitative estimate of drug-likeness (QED) is 0.788. The Labute approximate surface area is 105 Å². The summed E-state index contributed by atoms with van der Waals surface area (Å²) in [5.41, 5.74) is 6.31. The van der Waals surface area contributed by atoms with Crippen LogP contribution in [0.3, 0.4) is 0 Å². The lowest BCUT2D eigenvalue weighted by Crippen LogP contribution is -2.58. The van der Waals surface area contributed by atoms with E-state index in [1.165, 1.54) is 45.2 Å². The maximum Gasteiger partial charge on any atom is 0.0661 e. The third kappa shape index (κ3) is 1.92. The van der Waals surface area contributed by atoms with Crippen molar-refractivity contribution in [3.8, 4) is 0 Å². The fourth-order valence-electron chi connectivity index (χ4n) is 4.29. The van der Waals surface area contributed by atoms with E-state index in [1.807, 2.05) is 7.11 Å². The Morgan fingerprint density at radius 1 is 1.18 bits per heavy atom. The van der Waals surface area contributed by atoms with Crippen molar-refractivity contribution in [2.24, 2.45) is 23.5 Å². The van der Waals surface area contributed by atoms with Gasteiger partial charge >= 0.3 is 0 Å². The lowest BCUT2D eigenvalue weighted by molar-refractivity contribution is 0.00881. The summed E-state index contributed by atoms with van der Waals surface area (Å²) in [6.07, 6.45) is 7.05. The van der Waals surface area contributed by atoms with E-state index in [0.29, 0.717) is 0 Å². The molecule has 2 saturated carbocycles. The van der Waals surface area contributed by atoms with Gasteiger partial charge in [-0.05, 0) is 43.4 Å². The van der Waals surface area contributed by atoms with Gasteiger partial charge in [0.1, 0.15) is 0 Å². The van der Waals surface area contributed by atoms with Gasteiger partial charge in [-0.1, -0.05) is 6.42 Å². The zero-order chi connectivity index (χ0) is 11.9. The molecule has 3 fully saturated rings. The molecule has 98 valence electrons. The molecule has 0 radical (unpaired) electrons. The average Bonchev–Trinajstić information content (AvgIpc) is 2.95. The van der Waals surface area contributed by atoms with Gasteiger partial charge in [-0.3, -0.25) is 4.90 Å². The number of ether oxygens (including phenoxy) is 1. The molecule has 3 aliphatic rings. The molecule has 2 N–H and O–H groups in total. The second kappa shape index (κ2) is 4.52. The molecule has 1 heterocycles. The SMILES string of the molecule is COCC(CN)(C1CC1)N1CC2CCCC2C1. The lowest BCUT2D eigenvalue weighted by atomic mass is 9.92. The summed E-state index contributed by atoms with van der Waals surface area (Å²) < 4.78 is 5.51. The molecule has 0 aromatic rings. The fourth-order valence-corrected chi connectivity index (χ4v) is 4.29. The second-order valence-corrected chi connectivity index (χ2v) is 6.37. The molecule has 1 saturated heterocycles. The predicted molar refractivity (Wildman–Crippen MR) is 68.8 cm³/mol. The third-order valence-electron chi connectivity index (χ3n) is 5.44. The molecule has 0 bridgehead atoms. The molecule has 1 aliphatic heterocycles. The molecule has 3 nitrogen and oxygen atoms in total. The lowest BCUT2D eigenvalue weighted by Gasteiger charge is -2.41. The van der Waals surface area contributed by atoms with Crippen molar-refractivity contribution in [3.63, 3.8) is 0 Å².